The quantitative estimate of drug-likeness (QED) is 0.226. The molecule has 6 aromatic rings. The van der Waals surface area contributed by atoms with Gasteiger partial charge < -0.3 is 9.88 Å². The van der Waals surface area contributed by atoms with Crippen LogP contribution in [0.3, 0.4) is 0 Å². The molecule has 6 rings (SSSR count). The summed E-state index contributed by atoms with van der Waals surface area (Å²) in [5.41, 5.74) is 10.6. The van der Waals surface area contributed by atoms with Crippen molar-refractivity contribution in [1.82, 2.24) is 9.55 Å². The average molecular weight is 522 g/mol. The maximum Gasteiger partial charge on any atom is 0.146 e. The second kappa shape index (κ2) is 10.9. The lowest BCUT2D eigenvalue weighted by Gasteiger charge is -2.20. The molecule has 40 heavy (non-hydrogen) atoms. The molecule has 198 valence electrons. The van der Waals surface area contributed by atoms with Gasteiger partial charge in [0.15, 0.2) is 0 Å². The molecule has 4 aromatic carbocycles. The van der Waals surface area contributed by atoms with E-state index in [0.717, 1.165) is 22.5 Å². The first-order chi connectivity index (χ1) is 19.5. The van der Waals surface area contributed by atoms with E-state index in [0.29, 0.717) is 11.8 Å². The van der Waals surface area contributed by atoms with Crippen molar-refractivity contribution in [3.63, 3.8) is 0 Å². The Morgan fingerprint density at radius 1 is 0.575 bits per heavy atom. The van der Waals surface area contributed by atoms with Crippen LogP contribution in [0.25, 0.3) is 39.0 Å². The second-order valence-corrected chi connectivity index (χ2v) is 11.0. The van der Waals surface area contributed by atoms with Crippen LogP contribution in [0.5, 0.6) is 0 Å². The first-order valence-electron chi connectivity index (χ1n) is 14.1. The molecule has 0 bridgehead atoms. The summed E-state index contributed by atoms with van der Waals surface area (Å²) in [5.74, 6) is 1.67. The van der Waals surface area contributed by atoms with Gasteiger partial charge in [0.2, 0.25) is 0 Å². The molecular formula is C37H35N3. The lowest BCUT2D eigenvalue weighted by Crippen LogP contribution is -2.05. The van der Waals surface area contributed by atoms with Gasteiger partial charge >= 0.3 is 0 Å². The summed E-state index contributed by atoms with van der Waals surface area (Å²) in [4.78, 5) is 5.16. The first-order valence-corrected chi connectivity index (χ1v) is 14.1. The molecule has 0 aliphatic heterocycles. The van der Waals surface area contributed by atoms with Crippen LogP contribution in [0.2, 0.25) is 0 Å². The van der Waals surface area contributed by atoms with Crippen molar-refractivity contribution in [3.8, 4) is 27.9 Å². The minimum absolute atomic E-state index is 0.408. The summed E-state index contributed by atoms with van der Waals surface area (Å²) in [7, 11) is 0. The van der Waals surface area contributed by atoms with E-state index in [-0.39, 0.29) is 0 Å². The lowest BCUT2D eigenvalue weighted by atomic mass is 9.92. The van der Waals surface area contributed by atoms with Gasteiger partial charge in [-0.25, -0.2) is 4.98 Å². The molecule has 0 aliphatic carbocycles. The SMILES string of the molecule is CC(C)c1cccc(C(C)C)c1Nc1ccc2ccn(-c3cc(-c4ccccc4)cc(-c4ccccc4)c3)c2n1. The number of para-hydroxylation sites is 1. The summed E-state index contributed by atoms with van der Waals surface area (Å²) in [6.07, 6.45) is 2.13. The fourth-order valence-electron chi connectivity index (χ4n) is 5.45. The highest BCUT2D eigenvalue weighted by Crippen LogP contribution is 2.35. The van der Waals surface area contributed by atoms with Crippen molar-refractivity contribution < 1.29 is 0 Å². The van der Waals surface area contributed by atoms with Crippen molar-refractivity contribution in [2.75, 3.05) is 5.32 Å². The molecule has 0 atom stereocenters. The first kappa shape index (κ1) is 25.6. The van der Waals surface area contributed by atoms with Gasteiger partial charge in [-0.3, -0.25) is 0 Å². The number of benzene rings is 4. The number of nitrogens with zero attached hydrogens (tertiary/aromatic N) is 2. The van der Waals surface area contributed by atoms with Gasteiger partial charge in [-0.05, 0) is 81.6 Å². The number of anilines is 2. The van der Waals surface area contributed by atoms with E-state index in [1.807, 2.05) is 0 Å². The Morgan fingerprint density at radius 2 is 1.15 bits per heavy atom. The zero-order chi connectivity index (χ0) is 27.6. The third-order valence-corrected chi connectivity index (χ3v) is 7.57. The predicted octanol–water partition coefficient (Wildman–Crippen LogP) is 10.3. The van der Waals surface area contributed by atoms with Crippen molar-refractivity contribution in [3.05, 3.63) is 133 Å². The molecule has 2 heterocycles. The minimum Gasteiger partial charge on any atom is -0.340 e. The molecule has 0 saturated carbocycles. The number of aromatic nitrogens is 2. The van der Waals surface area contributed by atoms with Crippen LogP contribution in [0.1, 0.15) is 50.7 Å². The van der Waals surface area contributed by atoms with Gasteiger partial charge in [0.1, 0.15) is 11.5 Å². The van der Waals surface area contributed by atoms with Gasteiger partial charge in [-0.15, -0.1) is 0 Å². The summed E-state index contributed by atoms with van der Waals surface area (Å²) in [6, 6.07) is 41.0. The van der Waals surface area contributed by atoms with E-state index in [4.69, 9.17) is 4.98 Å². The number of rotatable bonds is 7. The van der Waals surface area contributed by atoms with Crippen LogP contribution < -0.4 is 5.32 Å². The molecule has 0 unspecified atom stereocenters. The Kier molecular flexibility index (Phi) is 6.96. The molecule has 2 aromatic heterocycles. The van der Waals surface area contributed by atoms with Crippen LogP contribution >= 0.6 is 0 Å². The van der Waals surface area contributed by atoms with Gasteiger partial charge in [0, 0.05) is 23.0 Å². The number of hydrogen-bond donors (Lipinski definition) is 1. The minimum atomic E-state index is 0.408. The van der Waals surface area contributed by atoms with Crippen molar-refractivity contribution in [1.29, 1.82) is 0 Å². The van der Waals surface area contributed by atoms with Gasteiger partial charge in [-0.2, -0.15) is 0 Å². The standard InChI is InChI=1S/C37H35N3/c1-25(2)33-16-11-17-34(26(3)4)36(33)38-35-19-18-29-20-21-40(37(29)39-35)32-23-30(27-12-7-5-8-13-27)22-31(24-32)28-14-9-6-10-15-28/h5-26H,1-4H3,(H,38,39). The maximum atomic E-state index is 5.16. The third-order valence-electron chi connectivity index (χ3n) is 7.57. The molecule has 0 spiro atoms. The molecule has 0 saturated heterocycles. The predicted molar refractivity (Wildman–Crippen MR) is 170 cm³/mol. The maximum absolute atomic E-state index is 5.16. The Hall–Kier alpha value is -4.63. The molecule has 3 heteroatoms. The fourth-order valence-corrected chi connectivity index (χ4v) is 5.45. The Bertz CT molecular complexity index is 1680. The molecule has 0 fully saturated rings. The van der Waals surface area contributed by atoms with Crippen LogP contribution in [-0.4, -0.2) is 9.55 Å². The van der Waals surface area contributed by atoms with Gasteiger partial charge in [-0.1, -0.05) is 107 Å². The molecule has 0 aliphatic rings. The molecular weight excluding hydrogens is 486 g/mol. The number of pyridine rings is 1. The van der Waals surface area contributed by atoms with E-state index in [9.17, 15) is 0 Å². The van der Waals surface area contributed by atoms with E-state index >= 15 is 0 Å². The average Bonchev–Trinajstić information content (AvgIpc) is 3.41. The van der Waals surface area contributed by atoms with Crippen LogP contribution in [0.4, 0.5) is 11.5 Å². The highest BCUT2D eigenvalue weighted by atomic mass is 15.1. The van der Waals surface area contributed by atoms with E-state index < -0.39 is 0 Å². The highest BCUT2D eigenvalue weighted by Gasteiger charge is 2.16. The summed E-state index contributed by atoms with van der Waals surface area (Å²) in [5, 5.41) is 4.82. The summed E-state index contributed by atoms with van der Waals surface area (Å²) < 4.78 is 2.21. The van der Waals surface area contributed by atoms with Gasteiger partial charge in [0.25, 0.3) is 0 Å². The topological polar surface area (TPSA) is 29.9 Å². The monoisotopic (exact) mass is 521 g/mol. The van der Waals surface area contributed by atoms with Crippen molar-refractivity contribution in [2.24, 2.45) is 0 Å². The van der Waals surface area contributed by atoms with Crippen LogP contribution in [0, 0.1) is 0 Å². The third kappa shape index (κ3) is 5.03. The molecule has 3 nitrogen and oxygen atoms in total. The molecule has 0 amide bonds. The lowest BCUT2D eigenvalue weighted by molar-refractivity contribution is 0.838. The number of nitrogens with one attached hydrogen (secondary N) is 1. The fraction of sp³-hybridized carbons (Fsp3) is 0.162. The Morgan fingerprint density at radius 3 is 1.70 bits per heavy atom. The Balaban J connectivity index is 1.48. The van der Waals surface area contributed by atoms with E-state index in [2.05, 4.69) is 159 Å². The van der Waals surface area contributed by atoms with E-state index in [1.54, 1.807) is 0 Å². The highest BCUT2D eigenvalue weighted by molar-refractivity contribution is 5.83. The zero-order valence-corrected chi connectivity index (χ0v) is 23.6. The number of fused-ring (bicyclic) bond motifs is 1. The van der Waals surface area contributed by atoms with Crippen molar-refractivity contribution >= 4 is 22.5 Å². The van der Waals surface area contributed by atoms with Crippen LogP contribution in [-0.2, 0) is 0 Å². The Labute approximate surface area is 237 Å². The number of hydrogen-bond acceptors (Lipinski definition) is 2. The second-order valence-electron chi connectivity index (χ2n) is 11.0. The largest absolute Gasteiger partial charge is 0.340 e. The van der Waals surface area contributed by atoms with Crippen molar-refractivity contribution in [2.45, 2.75) is 39.5 Å². The zero-order valence-electron chi connectivity index (χ0n) is 23.6. The molecule has 1 N–H and O–H groups in total. The molecule has 0 radical (unpaired) electrons. The van der Waals surface area contributed by atoms with Gasteiger partial charge in [0.05, 0.1) is 0 Å². The normalized spacial score (nSPS) is 11.4. The summed E-state index contributed by atoms with van der Waals surface area (Å²) in [6.45, 7) is 8.99. The van der Waals surface area contributed by atoms with Crippen LogP contribution in [0.15, 0.2) is 121 Å². The van der Waals surface area contributed by atoms with E-state index in [1.165, 1.54) is 39.1 Å². The smallest absolute Gasteiger partial charge is 0.146 e. The summed E-state index contributed by atoms with van der Waals surface area (Å²) >= 11 is 0.